The van der Waals surface area contributed by atoms with E-state index in [2.05, 4.69) is 19.2 Å². The number of nitrogens with one attached hydrogen (secondary N) is 1. The Bertz CT molecular complexity index is 383. The standard InChI is InChI=1S/C13H22N2O4/c1-13(2)9(6-10(13)19-3)14-12(18)15-5-4-8(7-15)11(16)17/h8-10H,4-7H2,1-3H3,(H,14,18)(H,16,17). The molecular weight excluding hydrogens is 248 g/mol. The number of carbonyl (C=O) groups is 2. The molecule has 0 aromatic rings. The number of rotatable bonds is 3. The van der Waals surface area contributed by atoms with Crippen molar-refractivity contribution >= 4 is 12.0 Å². The van der Waals surface area contributed by atoms with E-state index in [1.807, 2.05) is 0 Å². The molecule has 108 valence electrons. The summed E-state index contributed by atoms with van der Waals surface area (Å²) in [4.78, 5) is 24.5. The minimum absolute atomic E-state index is 0.0731. The number of carboxylic acid groups (broad SMARTS) is 1. The maximum Gasteiger partial charge on any atom is 0.317 e. The first-order chi connectivity index (χ1) is 8.86. The summed E-state index contributed by atoms with van der Waals surface area (Å²) in [6.45, 7) is 4.96. The number of urea groups is 1. The van der Waals surface area contributed by atoms with Gasteiger partial charge in [-0.05, 0) is 12.8 Å². The summed E-state index contributed by atoms with van der Waals surface area (Å²) >= 11 is 0. The van der Waals surface area contributed by atoms with Crippen LogP contribution in [0.25, 0.3) is 0 Å². The van der Waals surface area contributed by atoms with E-state index in [9.17, 15) is 9.59 Å². The van der Waals surface area contributed by atoms with Crippen LogP contribution in [0.3, 0.4) is 0 Å². The first-order valence-corrected chi connectivity index (χ1v) is 6.67. The zero-order valence-electron chi connectivity index (χ0n) is 11.7. The minimum Gasteiger partial charge on any atom is -0.481 e. The minimum atomic E-state index is -0.821. The van der Waals surface area contributed by atoms with Gasteiger partial charge in [0.25, 0.3) is 0 Å². The molecule has 19 heavy (non-hydrogen) atoms. The smallest absolute Gasteiger partial charge is 0.317 e. The molecule has 3 atom stereocenters. The van der Waals surface area contributed by atoms with E-state index in [0.29, 0.717) is 19.5 Å². The Morgan fingerprint density at radius 2 is 2.11 bits per heavy atom. The van der Waals surface area contributed by atoms with Crippen molar-refractivity contribution in [1.82, 2.24) is 10.2 Å². The molecular formula is C13H22N2O4. The summed E-state index contributed by atoms with van der Waals surface area (Å²) in [5.74, 6) is -1.24. The Morgan fingerprint density at radius 3 is 2.58 bits per heavy atom. The molecule has 0 aromatic heterocycles. The monoisotopic (exact) mass is 270 g/mol. The molecule has 2 amide bonds. The SMILES string of the molecule is COC1CC(NC(=O)N2CCC(C(=O)O)C2)C1(C)C. The van der Waals surface area contributed by atoms with Gasteiger partial charge in [-0.25, -0.2) is 4.79 Å². The highest BCUT2D eigenvalue weighted by Gasteiger charge is 2.49. The van der Waals surface area contributed by atoms with E-state index >= 15 is 0 Å². The lowest BCUT2D eigenvalue weighted by atomic mass is 9.64. The van der Waals surface area contributed by atoms with Crippen LogP contribution >= 0.6 is 0 Å². The van der Waals surface area contributed by atoms with E-state index in [1.54, 1.807) is 12.0 Å². The highest BCUT2D eigenvalue weighted by molar-refractivity contribution is 5.77. The number of hydrogen-bond donors (Lipinski definition) is 2. The Balaban J connectivity index is 1.85. The largest absolute Gasteiger partial charge is 0.481 e. The summed E-state index contributed by atoms with van der Waals surface area (Å²) in [6, 6.07) is -0.0646. The van der Waals surface area contributed by atoms with Crippen molar-refractivity contribution in [2.75, 3.05) is 20.2 Å². The number of likely N-dealkylation sites (tertiary alicyclic amines) is 1. The number of carboxylic acids is 1. The van der Waals surface area contributed by atoms with Gasteiger partial charge in [0.2, 0.25) is 0 Å². The van der Waals surface area contributed by atoms with Crippen molar-refractivity contribution in [3.05, 3.63) is 0 Å². The van der Waals surface area contributed by atoms with Crippen LogP contribution in [0.15, 0.2) is 0 Å². The van der Waals surface area contributed by atoms with Gasteiger partial charge in [-0.15, -0.1) is 0 Å². The third kappa shape index (κ3) is 2.54. The number of aliphatic carboxylic acids is 1. The van der Waals surface area contributed by atoms with E-state index in [4.69, 9.17) is 9.84 Å². The molecule has 2 N–H and O–H groups in total. The molecule has 2 fully saturated rings. The average molecular weight is 270 g/mol. The zero-order valence-corrected chi connectivity index (χ0v) is 11.7. The maximum absolute atomic E-state index is 12.1. The van der Waals surface area contributed by atoms with Gasteiger partial charge >= 0.3 is 12.0 Å². The number of nitrogens with zero attached hydrogens (tertiary/aromatic N) is 1. The molecule has 3 unspecified atom stereocenters. The lowest BCUT2D eigenvalue weighted by Crippen LogP contribution is -2.63. The summed E-state index contributed by atoms with van der Waals surface area (Å²) in [7, 11) is 1.68. The van der Waals surface area contributed by atoms with Crippen molar-refractivity contribution in [3.63, 3.8) is 0 Å². The number of methoxy groups -OCH3 is 1. The first kappa shape index (κ1) is 14.1. The van der Waals surface area contributed by atoms with Gasteiger partial charge in [-0.3, -0.25) is 4.79 Å². The maximum atomic E-state index is 12.1. The number of hydrogen-bond acceptors (Lipinski definition) is 3. The van der Waals surface area contributed by atoms with Crippen molar-refractivity contribution in [3.8, 4) is 0 Å². The fraction of sp³-hybridized carbons (Fsp3) is 0.846. The van der Waals surface area contributed by atoms with E-state index in [0.717, 1.165) is 6.42 Å². The highest BCUT2D eigenvalue weighted by Crippen LogP contribution is 2.42. The molecule has 6 nitrogen and oxygen atoms in total. The molecule has 0 aromatic carbocycles. The highest BCUT2D eigenvalue weighted by atomic mass is 16.5. The van der Waals surface area contributed by atoms with Crippen LogP contribution in [-0.4, -0.2) is 54.4 Å². The molecule has 0 bridgehead atoms. The zero-order chi connectivity index (χ0) is 14.2. The molecule has 0 spiro atoms. The molecule has 2 rings (SSSR count). The van der Waals surface area contributed by atoms with Crippen molar-refractivity contribution in [2.24, 2.45) is 11.3 Å². The van der Waals surface area contributed by atoms with Crippen molar-refractivity contribution < 1.29 is 19.4 Å². The summed E-state index contributed by atoms with van der Waals surface area (Å²) in [5.41, 5.74) is -0.0731. The second-order valence-corrected chi connectivity index (χ2v) is 6.05. The molecule has 0 radical (unpaired) electrons. The molecule has 2 aliphatic rings. The molecule has 1 aliphatic carbocycles. The normalized spacial score (nSPS) is 32.8. The van der Waals surface area contributed by atoms with Crippen LogP contribution in [0, 0.1) is 11.3 Å². The van der Waals surface area contributed by atoms with Crippen molar-refractivity contribution in [2.45, 2.75) is 38.8 Å². The molecule has 1 saturated carbocycles. The lowest BCUT2D eigenvalue weighted by Gasteiger charge is -2.51. The number of ether oxygens (including phenoxy) is 1. The summed E-state index contributed by atoms with van der Waals surface area (Å²) < 4.78 is 5.34. The van der Waals surface area contributed by atoms with Gasteiger partial charge in [-0.2, -0.15) is 0 Å². The Kier molecular flexibility index (Phi) is 3.71. The summed E-state index contributed by atoms with van der Waals surface area (Å²) in [6.07, 6.45) is 1.52. The molecule has 6 heteroatoms. The van der Waals surface area contributed by atoms with Crippen LogP contribution in [0.1, 0.15) is 26.7 Å². The molecule has 1 aliphatic heterocycles. The third-order valence-electron chi connectivity index (χ3n) is 4.58. The first-order valence-electron chi connectivity index (χ1n) is 6.67. The Hall–Kier alpha value is -1.30. The molecule has 1 heterocycles. The van der Waals surface area contributed by atoms with Crippen LogP contribution in [0.4, 0.5) is 4.79 Å². The van der Waals surface area contributed by atoms with E-state index < -0.39 is 11.9 Å². The average Bonchev–Trinajstić information content (AvgIpc) is 2.83. The Morgan fingerprint density at radius 1 is 1.42 bits per heavy atom. The van der Waals surface area contributed by atoms with Gasteiger partial charge in [-0.1, -0.05) is 13.8 Å². The van der Waals surface area contributed by atoms with Gasteiger partial charge in [0.1, 0.15) is 0 Å². The van der Waals surface area contributed by atoms with Gasteiger partial charge in [0.05, 0.1) is 12.0 Å². The van der Waals surface area contributed by atoms with Crippen LogP contribution in [0.2, 0.25) is 0 Å². The number of amides is 2. The lowest BCUT2D eigenvalue weighted by molar-refractivity contribution is -0.141. The van der Waals surface area contributed by atoms with E-state index in [-0.39, 0.29) is 23.6 Å². The Labute approximate surface area is 113 Å². The topological polar surface area (TPSA) is 78.9 Å². The van der Waals surface area contributed by atoms with Gasteiger partial charge < -0.3 is 20.1 Å². The summed E-state index contributed by atoms with van der Waals surface area (Å²) in [5, 5.41) is 11.9. The quantitative estimate of drug-likeness (QED) is 0.799. The van der Waals surface area contributed by atoms with Gasteiger partial charge in [0.15, 0.2) is 0 Å². The van der Waals surface area contributed by atoms with Crippen LogP contribution < -0.4 is 5.32 Å². The fourth-order valence-electron chi connectivity index (χ4n) is 2.92. The number of carbonyl (C=O) groups excluding carboxylic acids is 1. The van der Waals surface area contributed by atoms with E-state index in [1.165, 1.54) is 0 Å². The predicted molar refractivity (Wildman–Crippen MR) is 68.8 cm³/mol. The van der Waals surface area contributed by atoms with Crippen LogP contribution in [-0.2, 0) is 9.53 Å². The van der Waals surface area contributed by atoms with Gasteiger partial charge in [0, 0.05) is 31.7 Å². The molecule has 1 saturated heterocycles. The fourth-order valence-corrected chi connectivity index (χ4v) is 2.92. The van der Waals surface area contributed by atoms with Crippen molar-refractivity contribution in [1.29, 1.82) is 0 Å². The second kappa shape index (κ2) is 5.00. The predicted octanol–water partition coefficient (Wildman–Crippen LogP) is 0.916. The third-order valence-corrected chi connectivity index (χ3v) is 4.58. The second-order valence-electron chi connectivity index (χ2n) is 6.05. The van der Waals surface area contributed by atoms with Crippen LogP contribution in [0.5, 0.6) is 0 Å².